The van der Waals surface area contributed by atoms with E-state index in [9.17, 15) is 14.4 Å². The van der Waals surface area contributed by atoms with E-state index in [1.165, 1.54) is 89.9 Å². The molecule has 0 aliphatic heterocycles. The van der Waals surface area contributed by atoms with Gasteiger partial charge in [-0.2, -0.15) is 0 Å². The second-order valence-corrected chi connectivity index (χ2v) is 15.6. The van der Waals surface area contributed by atoms with Crippen LogP contribution in [0.15, 0.2) is 60.8 Å². The van der Waals surface area contributed by atoms with Crippen LogP contribution in [0, 0.1) is 0 Å². The molecule has 0 saturated heterocycles. The Kier molecular flexibility index (Phi) is 43.5. The van der Waals surface area contributed by atoms with E-state index in [2.05, 4.69) is 81.5 Å². The summed E-state index contributed by atoms with van der Waals surface area (Å²) < 4.78 is 16.7. The van der Waals surface area contributed by atoms with Gasteiger partial charge in [-0.25, -0.2) is 0 Å². The number of rotatable bonds is 42. The number of esters is 3. The van der Waals surface area contributed by atoms with Crippen molar-refractivity contribution in [2.45, 2.75) is 232 Å². The molecule has 1 unspecified atom stereocenters. The van der Waals surface area contributed by atoms with E-state index in [0.717, 1.165) is 96.3 Å². The van der Waals surface area contributed by atoms with Gasteiger partial charge < -0.3 is 14.2 Å². The molecule has 1 atom stereocenters. The van der Waals surface area contributed by atoms with Gasteiger partial charge >= 0.3 is 17.9 Å². The Morgan fingerprint density at radius 1 is 0.368 bits per heavy atom. The minimum Gasteiger partial charge on any atom is -0.462 e. The molecular weight excluding hydrogens is 709 g/mol. The average molecular weight is 797 g/mol. The molecule has 0 aromatic carbocycles. The van der Waals surface area contributed by atoms with Gasteiger partial charge in [0.2, 0.25) is 0 Å². The van der Waals surface area contributed by atoms with Crippen molar-refractivity contribution in [2.75, 3.05) is 13.2 Å². The maximum Gasteiger partial charge on any atom is 0.306 e. The van der Waals surface area contributed by atoms with Crippen molar-refractivity contribution in [1.29, 1.82) is 0 Å². The van der Waals surface area contributed by atoms with Gasteiger partial charge in [-0.1, -0.05) is 184 Å². The smallest absolute Gasteiger partial charge is 0.306 e. The molecule has 0 aliphatic carbocycles. The first-order valence-corrected chi connectivity index (χ1v) is 23.8. The van der Waals surface area contributed by atoms with Gasteiger partial charge in [0, 0.05) is 19.3 Å². The van der Waals surface area contributed by atoms with Crippen LogP contribution in [0.2, 0.25) is 0 Å². The third kappa shape index (κ3) is 44.1. The Labute approximate surface area is 351 Å². The Bertz CT molecular complexity index is 1050. The molecule has 0 fully saturated rings. The van der Waals surface area contributed by atoms with Gasteiger partial charge in [0.15, 0.2) is 6.10 Å². The van der Waals surface area contributed by atoms with Gasteiger partial charge in [0.1, 0.15) is 13.2 Å². The summed E-state index contributed by atoms with van der Waals surface area (Å²) in [5.41, 5.74) is 0. The Balaban J connectivity index is 4.35. The molecule has 6 nitrogen and oxygen atoms in total. The van der Waals surface area contributed by atoms with Crippen molar-refractivity contribution in [1.82, 2.24) is 0 Å². The molecule has 0 amide bonds. The van der Waals surface area contributed by atoms with E-state index < -0.39 is 6.10 Å². The van der Waals surface area contributed by atoms with Gasteiger partial charge in [-0.05, 0) is 83.5 Å². The standard InChI is InChI=1S/C51H88O6/c1-4-7-10-13-16-19-21-23-24-25-26-27-29-30-32-35-38-41-44-50(53)56-47-48(46-55-49(52)43-40-37-34-18-15-12-9-6-3)57-51(54)45-42-39-36-33-31-28-22-20-17-14-11-8-5-2/h8,11,17,19-21,24-25,28,31,48H,4-7,9-10,12-16,18,22-23,26-27,29-30,32-47H2,1-3H3/b11-8-,20-17-,21-19-,25-24-,31-28-. The van der Waals surface area contributed by atoms with Crippen LogP contribution in [0.5, 0.6) is 0 Å². The van der Waals surface area contributed by atoms with Crippen molar-refractivity contribution in [3.63, 3.8) is 0 Å². The predicted molar refractivity (Wildman–Crippen MR) is 242 cm³/mol. The first-order valence-electron chi connectivity index (χ1n) is 23.8. The van der Waals surface area contributed by atoms with Crippen LogP contribution in [0.4, 0.5) is 0 Å². The summed E-state index contributed by atoms with van der Waals surface area (Å²) in [6.45, 7) is 6.44. The summed E-state index contributed by atoms with van der Waals surface area (Å²) in [5, 5.41) is 0. The third-order valence-electron chi connectivity index (χ3n) is 10.0. The maximum atomic E-state index is 12.7. The maximum absolute atomic E-state index is 12.7. The van der Waals surface area contributed by atoms with E-state index in [1.807, 2.05) is 0 Å². The molecule has 0 aliphatic rings. The summed E-state index contributed by atoms with van der Waals surface area (Å²) in [4.78, 5) is 37.7. The molecule has 328 valence electrons. The molecule has 0 N–H and O–H groups in total. The Morgan fingerprint density at radius 3 is 1.11 bits per heavy atom. The lowest BCUT2D eigenvalue weighted by molar-refractivity contribution is -0.167. The zero-order valence-electron chi connectivity index (χ0n) is 37.3. The monoisotopic (exact) mass is 797 g/mol. The highest BCUT2D eigenvalue weighted by Crippen LogP contribution is 2.13. The van der Waals surface area contributed by atoms with Gasteiger partial charge in [-0.3, -0.25) is 14.4 Å². The van der Waals surface area contributed by atoms with Crippen molar-refractivity contribution in [3.8, 4) is 0 Å². The number of unbranched alkanes of at least 4 members (excludes halogenated alkanes) is 21. The van der Waals surface area contributed by atoms with Crippen LogP contribution in [0.25, 0.3) is 0 Å². The molecule has 0 heterocycles. The quantitative estimate of drug-likeness (QED) is 0.0265. The lowest BCUT2D eigenvalue weighted by Gasteiger charge is -2.18. The van der Waals surface area contributed by atoms with Crippen LogP contribution >= 0.6 is 0 Å². The van der Waals surface area contributed by atoms with E-state index in [-0.39, 0.29) is 31.1 Å². The summed E-state index contributed by atoms with van der Waals surface area (Å²) in [7, 11) is 0. The summed E-state index contributed by atoms with van der Waals surface area (Å²) in [6.07, 6.45) is 55.0. The van der Waals surface area contributed by atoms with Crippen LogP contribution in [0.3, 0.4) is 0 Å². The summed E-state index contributed by atoms with van der Waals surface area (Å²) in [6, 6.07) is 0. The van der Waals surface area contributed by atoms with Crippen molar-refractivity contribution in [2.24, 2.45) is 0 Å². The zero-order chi connectivity index (χ0) is 41.5. The Morgan fingerprint density at radius 2 is 0.684 bits per heavy atom. The highest BCUT2D eigenvalue weighted by Gasteiger charge is 2.19. The van der Waals surface area contributed by atoms with Gasteiger partial charge in [0.05, 0.1) is 0 Å². The number of hydrogen-bond donors (Lipinski definition) is 0. The fraction of sp³-hybridized carbons (Fsp3) is 0.745. The minimum absolute atomic E-state index is 0.0883. The molecule has 0 bridgehead atoms. The van der Waals surface area contributed by atoms with Gasteiger partial charge in [0.25, 0.3) is 0 Å². The number of allylic oxidation sites excluding steroid dienone is 10. The molecule has 6 heteroatoms. The molecule has 57 heavy (non-hydrogen) atoms. The molecule has 0 saturated carbocycles. The number of ether oxygens (including phenoxy) is 3. The molecular formula is C51H88O6. The highest BCUT2D eigenvalue weighted by molar-refractivity contribution is 5.71. The second kappa shape index (κ2) is 45.8. The van der Waals surface area contributed by atoms with Crippen LogP contribution in [-0.2, 0) is 28.6 Å². The largest absolute Gasteiger partial charge is 0.462 e. The summed E-state index contributed by atoms with van der Waals surface area (Å²) in [5.74, 6) is -0.932. The first kappa shape index (κ1) is 54.1. The van der Waals surface area contributed by atoms with Crippen molar-refractivity contribution < 1.29 is 28.6 Å². The van der Waals surface area contributed by atoms with Crippen LogP contribution in [-0.4, -0.2) is 37.2 Å². The first-order chi connectivity index (χ1) is 28.0. The molecule has 0 rings (SSSR count). The highest BCUT2D eigenvalue weighted by atomic mass is 16.6. The van der Waals surface area contributed by atoms with Crippen molar-refractivity contribution >= 4 is 17.9 Å². The lowest BCUT2D eigenvalue weighted by Crippen LogP contribution is -2.30. The van der Waals surface area contributed by atoms with Gasteiger partial charge in [-0.15, -0.1) is 0 Å². The van der Waals surface area contributed by atoms with Crippen LogP contribution in [0.1, 0.15) is 226 Å². The van der Waals surface area contributed by atoms with E-state index in [0.29, 0.717) is 19.3 Å². The second-order valence-electron chi connectivity index (χ2n) is 15.6. The molecule has 0 aromatic rings. The van der Waals surface area contributed by atoms with E-state index >= 15 is 0 Å². The minimum atomic E-state index is -0.788. The topological polar surface area (TPSA) is 78.9 Å². The SMILES string of the molecule is CC/C=C\C/C=C\C/C=C\CCCCCC(=O)OC(COC(=O)CCCCCCCCCC)COC(=O)CCCCCCCCC/C=C\C/C=C\CCCCCC. The zero-order valence-corrected chi connectivity index (χ0v) is 37.3. The number of hydrogen-bond acceptors (Lipinski definition) is 6. The Hall–Kier alpha value is -2.89. The number of carbonyl (C=O) groups is 3. The molecule has 0 aromatic heterocycles. The lowest BCUT2D eigenvalue weighted by atomic mass is 10.1. The fourth-order valence-corrected chi connectivity index (χ4v) is 6.43. The van der Waals surface area contributed by atoms with E-state index in [1.54, 1.807) is 0 Å². The normalized spacial score (nSPS) is 12.5. The predicted octanol–water partition coefficient (Wildman–Crippen LogP) is 15.3. The van der Waals surface area contributed by atoms with E-state index in [4.69, 9.17) is 14.2 Å². The molecule has 0 radical (unpaired) electrons. The molecule has 0 spiro atoms. The van der Waals surface area contributed by atoms with Crippen LogP contribution < -0.4 is 0 Å². The number of carbonyl (C=O) groups excluding carboxylic acids is 3. The average Bonchev–Trinajstić information content (AvgIpc) is 3.21. The summed E-state index contributed by atoms with van der Waals surface area (Å²) >= 11 is 0. The third-order valence-corrected chi connectivity index (χ3v) is 10.0. The van der Waals surface area contributed by atoms with Crippen molar-refractivity contribution in [3.05, 3.63) is 60.8 Å². The fourth-order valence-electron chi connectivity index (χ4n) is 6.43.